The first-order valence-electron chi connectivity index (χ1n) is 6.93. The molecule has 1 fully saturated rings. The number of hydrogen-bond acceptors (Lipinski definition) is 2. The summed E-state index contributed by atoms with van der Waals surface area (Å²) >= 11 is 14.1. The van der Waals surface area contributed by atoms with Gasteiger partial charge < -0.3 is 4.57 Å². The monoisotopic (exact) mass is 328 g/mol. The van der Waals surface area contributed by atoms with Crippen LogP contribution in [0.1, 0.15) is 31.5 Å². The van der Waals surface area contributed by atoms with Gasteiger partial charge in [0.1, 0.15) is 5.82 Å². The average molecular weight is 329 g/mol. The summed E-state index contributed by atoms with van der Waals surface area (Å²) < 4.78 is 2.63. The second kappa shape index (κ2) is 5.78. The van der Waals surface area contributed by atoms with E-state index in [0.29, 0.717) is 10.6 Å². The molecule has 0 amide bonds. The fraction of sp³-hybridized carbons (Fsp3) is 0.533. The topological polar surface area (TPSA) is 17.8 Å². The molecule has 1 aliphatic carbocycles. The summed E-state index contributed by atoms with van der Waals surface area (Å²) in [6.07, 6.45) is 7.44. The SMILES string of the molecule is CSC1(Cn2c(CCl)nc3cc(Cl)ccc32)CCCC1. The molecular weight excluding hydrogens is 311 g/mol. The number of aromatic nitrogens is 2. The number of benzene rings is 1. The van der Waals surface area contributed by atoms with Crippen molar-refractivity contribution < 1.29 is 0 Å². The van der Waals surface area contributed by atoms with E-state index in [0.717, 1.165) is 28.4 Å². The van der Waals surface area contributed by atoms with Crippen molar-refractivity contribution in [1.82, 2.24) is 9.55 Å². The van der Waals surface area contributed by atoms with Crippen molar-refractivity contribution >= 4 is 46.0 Å². The fourth-order valence-electron chi connectivity index (χ4n) is 3.17. The van der Waals surface area contributed by atoms with Crippen LogP contribution in [0.2, 0.25) is 5.02 Å². The molecule has 0 radical (unpaired) electrons. The van der Waals surface area contributed by atoms with Crippen LogP contribution in [0.4, 0.5) is 0 Å². The van der Waals surface area contributed by atoms with E-state index < -0.39 is 0 Å². The fourth-order valence-corrected chi connectivity index (χ4v) is 4.49. The van der Waals surface area contributed by atoms with Gasteiger partial charge in [-0.15, -0.1) is 11.6 Å². The maximum Gasteiger partial charge on any atom is 0.124 e. The molecule has 1 heterocycles. The third kappa shape index (κ3) is 2.56. The van der Waals surface area contributed by atoms with Crippen molar-refractivity contribution in [2.75, 3.05) is 6.26 Å². The lowest BCUT2D eigenvalue weighted by atomic mass is 10.1. The van der Waals surface area contributed by atoms with E-state index in [2.05, 4.69) is 21.9 Å². The van der Waals surface area contributed by atoms with E-state index in [-0.39, 0.29) is 0 Å². The zero-order valence-corrected chi connectivity index (χ0v) is 13.9. The van der Waals surface area contributed by atoms with Gasteiger partial charge in [-0.2, -0.15) is 11.8 Å². The molecule has 2 aromatic rings. The molecule has 1 aromatic carbocycles. The zero-order chi connectivity index (χ0) is 14.2. The van der Waals surface area contributed by atoms with E-state index in [1.54, 1.807) is 0 Å². The summed E-state index contributed by atoms with van der Waals surface area (Å²) in [5.74, 6) is 1.39. The third-order valence-corrected chi connectivity index (χ3v) is 6.18. The number of alkyl halides is 1. The van der Waals surface area contributed by atoms with E-state index in [4.69, 9.17) is 23.2 Å². The Bertz CT molecular complexity index is 618. The number of nitrogens with zero attached hydrogens (tertiary/aromatic N) is 2. The van der Waals surface area contributed by atoms with Gasteiger partial charge in [0.2, 0.25) is 0 Å². The average Bonchev–Trinajstić information content (AvgIpc) is 3.04. The van der Waals surface area contributed by atoms with Crippen molar-refractivity contribution in [2.45, 2.75) is 42.9 Å². The molecule has 2 nitrogen and oxygen atoms in total. The first-order chi connectivity index (χ1) is 9.67. The number of thioether (sulfide) groups is 1. The minimum atomic E-state index is 0.341. The first kappa shape index (κ1) is 14.6. The molecule has 0 bridgehead atoms. The van der Waals surface area contributed by atoms with Gasteiger partial charge in [-0.05, 0) is 37.3 Å². The molecule has 108 valence electrons. The summed E-state index contributed by atoms with van der Waals surface area (Å²) in [6, 6.07) is 5.91. The van der Waals surface area contributed by atoms with Gasteiger partial charge in [0.05, 0.1) is 16.9 Å². The van der Waals surface area contributed by atoms with Crippen LogP contribution in [-0.2, 0) is 12.4 Å². The second-order valence-electron chi connectivity index (χ2n) is 5.48. The van der Waals surface area contributed by atoms with Crippen LogP contribution in [0.25, 0.3) is 11.0 Å². The molecule has 20 heavy (non-hydrogen) atoms. The summed E-state index contributed by atoms with van der Waals surface area (Å²) in [5.41, 5.74) is 2.09. The highest BCUT2D eigenvalue weighted by molar-refractivity contribution is 8.00. The highest BCUT2D eigenvalue weighted by atomic mass is 35.5. The quantitative estimate of drug-likeness (QED) is 0.726. The first-order valence-corrected chi connectivity index (χ1v) is 9.07. The maximum atomic E-state index is 6.09. The van der Waals surface area contributed by atoms with Crippen molar-refractivity contribution in [3.8, 4) is 0 Å². The Hall–Kier alpha value is -0.380. The standard InChI is InChI=1S/C15H18Cl2N2S/c1-20-15(6-2-3-7-15)10-19-13-5-4-11(17)8-12(13)18-14(19)9-16/h4-5,8H,2-3,6-7,9-10H2,1H3. The number of halogens is 2. The number of imidazole rings is 1. The van der Waals surface area contributed by atoms with Gasteiger partial charge >= 0.3 is 0 Å². The van der Waals surface area contributed by atoms with Gasteiger partial charge in [0, 0.05) is 16.3 Å². The van der Waals surface area contributed by atoms with Crippen molar-refractivity contribution in [1.29, 1.82) is 0 Å². The van der Waals surface area contributed by atoms with Gasteiger partial charge in [-0.25, -0.2) is 4.98 Å². The number of rotatable bonds is 4. The Labute approximate surface area is 133 Å². The van der Waals surface area contributed by atoms with E-state index in [1.165, 1.54) is 25.7 Å². The maximum absolute atomic E-state index is 6.09. The smallest absolute Gasteiger partial charge is 0.124 e. The molecule has 0 saturated heterocycles. The summed E-state index contributed by atoms with van der Waals surface area (Å²) in [7, 11) is 0. The minimum absolute atomic E-state index is 0.341. The van der Waals surface area contributed by atoms with Crippen LogP contribution in [-0.4, -0.2) is 20.6 Å². The van der Waals surface area contributed by atoms with E-state index in [1.807, 2.05) is 23.9 Å². The minimum Gasteiger partial charge on any atom is -0.326 e. The molecule has 0 spiro atoms. The Morgan fingerprint density at radius 1 is 1.35 bits per heavy atom. The zero-order valence-electron chi connectivity index (χ0n) is 11.5. The molecule has 0 N–H and O–H groups in total. The van der Waals surface area contributed by atoms with Crippen LogP contribution in [0, 0.1) is 0 Å². The van der Waals surface area contributed by atoms with Crippen molar-refractivity contribution in [3.63, 3.8) is 0 Å². The summed E-state index contributed by atoms with van der Waals surface area (Å²) in [4.78, 5) is 4.64. The Morgan fingerprint density at radius 2 is 2.10 bits per heavy atom. The summed E-state index contributed by atoms with van der Waals surface area (Å²) in [5, 5.41) is 0.726. The Balaban J connectivity index is 2.05. The van der Waals surface area contributed by atoms with Crippen LogP contribution in [0.3, 0.4) is 0 Å². The van der Waals surface area contributed by atoms with E-state index in [9.17, 15) is 0 Å². The predicted octanol–water partition coefficient (Wildman–Crippen LogP) is 5.10. The second-order valence-corrected chi connectivity index (χ2v) is 7.45. The predicted molar refractivity (Wildman–Crippen MR) is 89.0 cm³/mol. The molecule has 1 aliphatic rings. The van der Waals surface area contributed by atoms with Gasteiger partial charge in [-0.3, -0.25) is 0 Å². The lowest BCUT2D eigenvalue weighted by Gasteiger charge is -2.28. The van der Waals surface area contributed by atoms with Crippen LogP contribution in [0.15, 0.2) is 18.2 Å². The van der Waals surface area contributed by atoms with E-state index >= 15 is 0 Å². The van der Waals surface area contributed by atoms with Crippen LogP contribution < -0.4 is 0 Å². The molecule has 0 aliphatic heterocycles. The molecule has 0 unspecified atom stereocenters. The molecule has 1 saturated carbocycles. The third-order valence-electron chi connectivity index (χ3n) is 4.30. The highest BCUT2D eigenvalue weighted by Crippen LogP contribution is 2.42. The van der Waals surface area contributed by atoms with Crippen molar-refractivity contribution in [2.24, 2.45) is 0 Å². The molecule has 1 aromatic heterocycles. The lowest BCUT2D eigenvalue weighted by molar-refractivity contribution is 0.505. The van der Waals surface area contributed by atoms with Crippen LogP contribution >= 0.6 is 35.0 Å². The lowest BCUT2D eigenvalue weighted by Crippen LogP contribution is -2.27. The van der Waals surface area contributed by atoms with Crippen molar-refractivity contribution in [3.05, 3.63) is 29.0 Å². The van der Waals surface area contributed by atoms with Crippen LogP contribution in [0.5, 0.6) is 0 Å². The largest absolute Gasteiger partial charge is 0.326 e. The molecular formula is C15H18Cl2N2S. The highest BCUT2D eigenvalue weighted by Gasteiger charge is 2.34. The Kier molecular flexibility index (Phi) is 4.21. The molecule has 5 heteroatoms. The normalized spacial score (nSPS) is 17.9. The molecule has 3 rings (SSSR count). The van der Waals surface area contributed by atoms with Gasteiger partial charge in [0.15, 0.2) is 0 Å². The molecule has 0 atom stereocenters. The number of fused-ring (bicyclic) bond motifs is 1. The van der Waals surface area contributed by atoms with Gasteiger partial charge in [0.25, 0.3) is 0 Å². The number of hydrogen-bond donors (Lipinski definition) is 0. The van der Waals surface area contributed by atoms with Gasteiger partial charge in [-0.1, -0.05) is 24.4 Å². The summed E-state index contributed by atoms with van der Waals surface area (Å²) in [6.45, 7) is 0.994. The Morgan fingerprint density at radius 3 is 2.75 bits per heavy atom.